The van der Waals surface area contributed by atoms with E-state index in [-0.39, 0.29) is 25.7 Å². The number of hydrogen-bond acceptors (Lipinski definition) is 15. The summed E-state index contributed by atoms with van der Waals surface area (Å²) in [5.74, 6) is -1.32. The molecule has 0 aliphatic carbocycles. The van der Waals surface area contributed by atoms with Crippen molar-refractivity contribution in [3.05, 3.63) is 0 Å². The zero-order chi connectivity index (χ0) is 67.7. The molecule has 0 amide bonds. The van der Waals surface area contributed by atoms with Gasteiger partial charge in [0.25, 0.3) is 0 Å². The molecule has 0 aromatic heterocycles. The van der Waals surface area contributed by atoms with Crippen molar-refractivity contribution in [3.8, 4) is 0 Å². The van der Waals surface area contributed by atoms with Crippen LogP contribution in [0.1, 0.15) is 381 Å². The van der Waals surface area contributed by atoms with Gasteiger partial charge in [-0.2, -0.15) is 0 Å². The average molecular weight is 1350 g/mol. The third kappa shape index (κ3) is 66.7. The fourth-order valence-corrected chi connectivity index (χ4v) is 12.8. The van der Waals surface area contributed by atoms with E-state index in [1.807, 2.05) is 0 Å². The highest BCUT2D eigenvalue weighted by Crippen LogP contribution is 2.45. The maximum Gasteiger partial charge on any atom is 0.472 e. The van der Waals surface area contributed by atoms with Crippen LogP contribution < -0.4 is 0 Å². The first-order chi connectivity index (χ1) is 44.5. The highest BCUT2D eigenvalue weighted by atomic mass is 31.2. The molecule has 0 spiro atoms. The van der Waals surface area contributed by atoms with Crippen LogP contribution in [-0.4, -0.2) is 96.7 Å². The van der Waals surface area contributed by atoms with Crippen molar-refractivity contribution in [3.63, 3.8) is 0 Å². The SMILES string of the molecule is CCCCCCCCCCCCCCCCCC(=O)OC[C@H](COP(=O)(O)OC[C@@H](O)COP(=O)(O)OC[C@@H](COC(=O)CCCCCCCCCCC)OC(=O)CCCCCCCCCCCC)OC(=O)CCCCCCCCCCCCCCCCCC(C)C. The van der Waals surface area contributed by atoms with Gasteiger partial charge in [-0.15, -0.1) is 0 Å². The summed E-state index contributed by atoms with van der Waals surface area (Å²) in [5, 5.41) is 10.6. The third-order valence-corrected chi connectivity index (χ3v) is 18.9. The van der Waals surface area contributed by atoms with Gasteiger partial charge in [-0.25, -0.2) is 9.13 Å². The standard InChI is InChI=1S/C73H142O17P2/c1-6-9-12-15-18-21-23-24-26-30-33-38-42-47-52-57-71(76)84-63-69(90-73(78)59-54-49-44-39-34-31-28-25-27-29-32-36-40-45-50-55-66(4)5)65-88-92(81,82)86-61-67(74)60-85-91(79,80)87-64-68(62-83-70(75)56-51-46-41-35-20-17-14-11-8-3)89-72(77)58-53-48-43-37-22-19-16-13-10-7-2/h66-69,74H,6-65H2,1-5H3,(H,79,80)(H,81,82)/t67-,68+,69+/m0/s1. The number of phosphoric acid groups is 2. The van der Waals surface area contributed by atoms with E-state index < -0.39 is 97.5 Å². The van der Waals surface area contributed by atoms with Crippen molar-refractivity contribution in [1.29, 1.82) is 0 Å². The summed E-state index contributed by atoms with van der Waals surface area (Å²) >= 11 is 0. The Hall–Kier alpha value is -1.94. The summed E-state index contributed by atoms with van der Waals surface area (Å²) in [7, 11) is -9.90. The van der Waals surface area contributed by atoms with Crippen molar-refractivity contribution in [1.82, 2.24) is 0 Å². The fourth-order valence-electron chi connectivity index (χ4n) is 11.2. The van der Waals surface area contributed by atoms with Crippen LogP contribution in [0.15, 0.2) is 0 Å². The van der Waals surface area contributed by atoms with Crippen LogP contribution in [0.5, 0.6) is 0 Å². The Morgan fingerprint density at radius 1 is 0.293 bits per heavy atom. The summed E-state index contributed by atoms with van der Waals surface area (Å²) < 4.78 is 68.3. The van der Waals surface area contributed by atoms with Gasteiger partial charge in [0.1, 0.15) is 19.3 Å². The van der Waals surface area contributed by atoms with Crippen LogP contribution in [0.2, 0.25) is 0 Å². The van der Waals surface area contributed by atoms with Gasteiger partial charge >= 0.3 is 39.5 Å². The number of hydrogen-bond donors (Lipinski definition) is 3. The Morgan fingerprint density at radius 3 is 0.739 bits per heavy atom. The van der Waals surface area contributed by atoms with E-state index in [1.165, 1.54) is 205 Å². The molecule has 92 heavy (non-hydrogen) atoms. The molecule has 0 aromatic carbocycles. The lowest BCUT2D eigenvalue weighted by Crippen LogP contribution is -2.30. The molecular formula is C73H142O17P2. The predicted octanol–water partition coefficient (Wildman–Crippen LogP) is 21.3. The van der Waals surface area contributed by atoms with Crippen molar-refractivity contribution >= 4 is 39.5 Å². The van der Waals surface area contributed by atoms with E-state index in [9.17, 15) is 43.2 Å². The Balaban J connectivity index is 5.21. The van der Waals surface area contributed by atoms with Gasteiger partial charge in [-0.1, -0.05) is 330 Å². The second-order valence-corrected chi connectivity index (χ2v) is 29.7. The number of carbonyl (C=O) groups is 4. The first-order valence-corrected chi connectivity index (χ1v) is 41.1. The lowest BCUT2D eigenvalue weighted by Gasteiger charge is -2.21. The summed E-state index contributed by atoms with van der Waals surface area (Å²) in [6.45, 7) is 7.28. The molecule has 0 saturated heterocycles. The number of aliphatic hydroxyl groups excluding tert-OH is 1. The van der Waals surface area contributed by atoms with Crippen molar-refractivity contribution in [2.45, 2.75) is 400 Å². The molecule has 0 aromatic rings. The summed E-state index contributed by atoms with van der Waals surface area (Å²) in [5.41, 5.74) is 0. The molecule has 17 nitrogen and oxygen atoms in total. The molecule has 546 valence electrons. The van der Waals surface area contributed by atoms with Gasteiger partial charge in [0, 0.05) is 25.7 Å². The average Bonchev–Trinajstić information content (AvgIpc) is 3.09. The number of aliphatic hydroxyl groups is 1. The van der Waals surface area contributed by atoms with Gasteiger partial charge in [0.05, 0.1) is 26.4 Å². The summed E-state index contributed by atoms with van der Waals surface area (Å²) in [6, 6.07) is 0. The Bertz CT molecular complexity index is 1770. The van der Waals surface area contributed by atoms with Crippen LogP contribution >= 0.6 is 15.6 Å². The topological polar surface area (TPSA) is 237 Å². The molecule has 0 aliphatic heterocycles. The first kappa shape index (κ1) is 90.1. The normalized spacial score (nSPS) is 14.0. The van der Waals surface area contributed by atoms with E-state index in [2.05, 4.69) is 34.6 Å². The molecule has 2 unspecified atom stereocenters. The molecule has 19 heteroatoms. The van der Waals surface area contributed by atoms with Crippen molar-refractivity contribution < 1.29 is 80.2 Å². The minimum atomic E-state index is -4.95. The van der Waals surface area contributed by atoms with Crippen molar-refractivity contribution in [2.75, 3.05) is 39.6 Å². The van der Waals surface area contributed by atoms with Crippen LogP contribution in [0.4, 0.5) is 0 Å². The highest BCUT2D eigenvalue weighted by molar-refractivity contribution is 7.47. The van der Waals surface area contributed by atoms with E-state index >= 15 is 0 Å². The molecule has 3 N–H and O–H groups in total. The number of ether oxygens (including phenoxy) is 4. The predicted molar refractivity (Wildman–Crippen MR) is 372 cm³/mol. The Labute approximate surface area is 562 Å². The molecule has 0 rings (SSSR count). The fraction of sp³-hybridized carbons (Fsp3) is 0.945. The largest absolute Gasteiger partial charge is 0.472 e. The first-order valence-electron chi connectivity index (χ1n) is 38.1. The van der Waals surface area contributed by atoms with Gasteiger partial charge in [0.2, 0.25) is 0 Å². The third-order valence-electron chi connectivity index (χ3n) is 17.0. The number of phosphoric ester groups is 2. The molecule has 5 atom stereocenters. The van der Waals surface area contributed by atoms with E-state index in [1.54, 1.807) is 0 Å². The number of rotatable bonds is 73. The number of unbranched alkanes of at least 4 members (excludes halogenated alkanes) is 45. The van der Waals surface area contributed by atoms with Crippen molar-refractivity contribution in [2.24, 2.45) is 5.92 Å². The van der Waals surface area contributed by atoms with E-state index in [0.717, 1.165) is 95.8 Å². The molecular weight excluding hydrogens is 1210 g/mol. The molecule has 0 heterocycles. The molecule has 0 radical (unpaired) electrons. The monoisotopic (exact) mass is 1350 g/mol. The van der Waals surface area contributed by atoms with Gasteiger partial charge in [0.15, 0.2) is 12.2 Å². The van der Waals surface area contributed by atoms with Crippen LogP contribution in [0, 0.1) is 5.92 Å². The highest BCUT2D eigenvalue weighted by Gasteiger charge is 2.30. The summed E-state index contributed by atoms with van der Waals surface area (Å²) in [4.78, 5) is 72.6. The number of esters is 4. The minimum absolute atomic E-state index is 0.107. The lowest BCUT2D eigenvalue weighted by molar-refractivity contribution is -0.161. The smallest absolute Gasteiger partial charge is 0.462 e. The quantitative estimate of drug-likeness (QED) is 0.0222. The second-order valence-electron chi connectivity index (χ2n) is 26.8. The van der Waals surface area contributed by atoms with E-state index in [4.69, 9.17) is 37.0 Å². The molecule has 0 saturated carbocycles. The van der Waals surface area contributed by atoms with Gasteiger partial charge < -0.3 is 33.8 Å². The number of carbonyl (C=O) groups excluding carboxylic acids is 4. The van der Waals surface area contributed by atoms with Crippen LogP contribution in [-0.2, 0) is 65.4 Å². The Morgan fingerprint density at radius 2 is 0.500 bits per heavy atom. The maximum absolute atomic E-state index is 13.1. The van der Waals surface area contributed by atoms with E-state index in [0.29, 0.717) is 25.7 Å². The second kappa shape index (κ2) is 66.3. The zero-order valence-electron chi connectivity index (χ0n) is 59.7. The maximum atomic E-state index is 13.1. The lowest BCUT2D eigenvalue weighted by atomic mass is 10.0. The van der Waals surface area contributed by atoms with Gasteiger partial charge in [-0.3, -0.25) is 37.3 Å². The summed E-state index contributed by atoms with van der Waals surface area (Å²) in [6.07, 6.45) is 54.0. The zero-order valence-corrected chi connectivity index (χ0v) is 61.5. The van der Waals surface area contributed by atoms with Crippen LogP contribution in [0.3, 0.4) is 0 Å². The molecule has 0 fully saturated rings. The Kier molecular flexibility index (Phi) is 64.9. The van der Waals surface area contributed by atoms with Crippen LogP contribution in [0.25, 0.3) is 0 Å². The van der Waals surface area contributed by atoms with Gasteiger partial charge in [-0.05, 0) is 31.6 Å². The minimum Gasteiger partial charge on any atom is -0.462 e. The molecule has 0 bridgehead atoms. The molecule has 0 aliphatic rings.